The first kappa shape index (κ1) is 22.3. The fourth-order valence-corrected chi connectivity index (χ4v) is 3.19. The number of aromatic nitrogens is 4. The molecule has 3 aromatic heterocycles. The second-order valence-electron chi connectivity index (χ2n) is 6.91. The summed E-state index contributed by atoms with van der Waals surface area (Å²) in [5, 5.41) is 0.445. The maximum absolute atomic E-state index is 5.89. The Morgan fingerprint density at radius 2 is 1.84 bits per heavy atom. The second kappa shape index (κ2) is 9.62. The van der Waals surface area contributed by atoms with Gasteiger partial charge in [-0.3, -0.25) is 4.98 Å². The van der Waals surface area contributed by atoms with Gasteiger partial charge in [-0.05, 0) is 49.7 Å². The lowest BCUT2D eigenvalue weighted by Gasteiger charge is -2.11. The largest absolute Gasteiger partial charge is 0.496 e. The maximum Gasteiger partial charge on any atom is 0.139 e. The van der Waals surface area contributed by atoms with Crippen LogP contribution in [0.3, 0.4) is 0 Å². The van der Waals surface area contributed by atoms with Crippen LogP contribution in [0.2, 0.25) is 5.15 Å². The van der Waals surface area contributed by atoms with Gasteiger partial charge in [0.25, 0.3) is 0 Å². The zero-order valence-corrected chi connectivity index (χ0v) is 17.7. The Morgan fingerprint density at radius 3 is 2.52 bits per heavy atom. The van der Waals surface area contributed by atoms with Crippen LogP contribution in [0.1, 0.15) is 24.4 Å². The summed E-state index contributed by atoms with van der Waals surface area (Å²) in [5.74, 6) is 2.10. The van der Waals surface area contributed by atoms with E-state index in [0.717, 1.165) is 39.6 Å². The van der Waals surface area contributed by atoms with E-state index in [-0.39, 0.29) is 7.43 Å². The van der Waals surface area contributed by atoms with E-state index in [0.29, 0.717) is 23.3 Å². The predicted octanol–water partition coefficient (Wildman–Crippen LogP) is 6.03. The normalized spacial score (nSPS) is 10.5. The molecule has 0 aliphatic carbocycles. The van der Waals surface area contributed by atoms with Gasteiger partial charge in [0.1, 0.15) is 29.1 Å². The lowest BCUT2D eigenvalue weighted by Crippen LogP contribution is -1.99. The van der Waals surface area contributed by atoms with Crippen LogP contribution in [0, 0.1) is 13.8 Å². The molecule has 0 bridgehead atoms. The van der Waals surface area contributed by atoms with Crippen LogP contribution in [0.15, 0.2) is 54.9 Å². The van der Waals surface area contributed by atoms with Crippen molar-refractivity contribution in [2.45, 2.75) is 27.9 Å². The molecule has 0 fully saturated rings. The summed E-state index contributed by atoms with van der Waals surface area (Å²) in [6.45, 7) is 4.37. The van der Waals surface area contributed by atoms with E-state index in [9.17, 15) is 0 Å². The van der Waals surface area contributed by atoms with E-state index < -0.39 is 0 Å². The number of imidazole rings is 1. The third kappa shape index (κ3) is 5.03. The number of nitrogens with zero attached hydrogens (tertiary/aromatic N) is 3. The number of hydrogen-bond donors (Lipinski definition) is 1. The number of ether oxygens (including phenoxy) is 2. The second-order valence-corrected chi connectivity index (χ2v) is 7.29. The van der Waals surface area contributed by atoms with Crippen molar-refractivity contribution < 1.29 is 9.47 Å². The summed E-state index contributed by atoms with van der Waals surface area (Å²) in [6.07, 6.45) is 3.52. The van der Waals surface area contributed by atoms with Crippen molar-refractivity contribution in [1.82, 2.24) is 19.9 Å². The van der Waals surface area contributed by atoms with Crippen molar-refractivity contribution in [1.29, 1.82) is 0 Å². The average Bonchev–Trinajstić information content (AvgIpc) is 3.15. The van der Waals surface area contributed by atoms with Gasteiger partial charge >= 0.3 is 0 Å². The molecule has 1 aromatic carbocycles. The lowest BCUT2D eigenvalue weighted by atomic mass is 10.1. The molecule has 7 heteroatoms. The quantitative estimate of drug-likeness (QED) is 0.373. The Morgan fingerprint density at radius 1 is 1.00 bits per heavy atom. The number of rotatable bonds is 6. The van der Waals surface area contributed by atoms with Crippen molar-refractivity contribution >= 4 is 11.6 Å². The molecule has 4 rings (SSSR count). The molecule has 0 amide bonds. The van der Waals surface area contributed by atoms with Gasteiger partial charge in [0.05, 0.1) is 18.5 Å². The number of H-pyrrole nitrogens is 1. The van der Waals surface area contributed by atoms with Crippen LogP contribution in [0.4, 0.5) is 0 Å². The molecule has 3 heterocycles. The van der Waals surface area contributed by atoms with Gasteiger partial charge < -0.3 is 14.5 Å². The summed E-state index contributed by atoms with van der Waals surface area (Å²) in [7, 11) is 1.64. The lowest BCUT2D eigenvalue weighted by molar-refractivity contribution is 0.299. The number of halogens is 1. The van der Waals surface area contributed by atoms with Crippen molar-refractivity contribution in [2.75, 3.05) is 7.11 Å². The fraction of sp³-hybridized carbons (Fsp3) is 0.208. The molecule has 0 spiro atoms. The molecule has 0 atom stereocenters. The van der Waals surface area contributed by atoms with Gasteiger partial charge in [0, 0.05) is 35.3 Å². The number of hydrogen-bond acceptors (Lipinski definition) is 5. The Hall–Kier alpha value is -3.38. The fourth-order valence-electron chi connectivity index (χ4n) is 3.07. The smallest absolute Gasteiger partial charge is 0.139 e. The Bertz CT molecular complexity index is 1160. The highest BCUT2D eigenvalue weighted by atomic mass is 35.5. The molecule has 1 N–H and O–H groups in total. The van der Waals surface area contributed by atoms with E-state index in [4.69, 9.17) is 26.1 Å². The first-order valence-electron chi connectivity index (χ1n) is 9.45. The van der Waals surface area contributed by atoms with Gasteiger partial charge in [-0.1, -0.05) is 25.1 Å². The van der Waals surface area contributed by atoms with Crippen LogP contribution in [-0.4, -0.2) is 27.0 Å². The molecule has 0 saturated carbocycles. The molecule has 6 nitrogen and oxygen atoms in total. The summed E-state index contributed by atoms with van der Waals surface area (Å²) in [5.41, 5.74) is 5.46. The van der Waals surface area contributed by atoms with Crippen molar-refractivity contribution in [3.63, 3.8) is 0 Å². The minimum Gasteiger partial charge on any atom is -0.496 e. The van der Waals surface area contributed by atoms with Crippen LogP contribution >= 0.6 is 11.6 Å². The van der Waals surface area contributed by atoms with Crippen LogP contribution < -0.4 is 9.47 Å². The van der Waals surface area contributed by atoms with Gasteiger partial charge in [-0.15, -0.1) is 0 Å². The molecule has 4 aromatic rings. The van der Waals surface area contributed by atoms with Crippen LogP contribution in [-0.2, 0) is 6.61 Å². The van der Waals surface area contributed by atoms with E-state index in [1.807, 2.05) is 56.4 Å². The topological polar surface area (TPSA) is 72.9 Å². The molecule has 0 unspecified atom stereocenters. The summed E-state index contributed by atoms with van der Waals surface area (Å²) >= 11 is 5.88. The first-order valence-corrected chi connectivity index (χ1v) is 9.82. The molecule has 0 aliphatic rings. The third-order valence-corrected chi connectivity index (χ3v) is 4.90. The Balaban J connectivity index is 0.00000272. The number of aryl methyl sites for hydroxylation is 2. The van der Waals surface area contributed by atoms with E-state index >= 15 is 0 Å². The number of nitrogens with one attached hydrogen (secondary N) is 1. The molecular weight excluding hydrogens is 412 g/mol. The maximum atomic E-state index is 5.89. The van der Waals surface area contributed by atoms with Gasteiger partial charge in [-0.25, -0.2) is 9.97 Å². The van der Waals surface area contributed by atoms with Crippen molar-refractivity contribution in [3.05, 3.63) is 77.0 Å². The highest BCUT2D eigenvalue weighted by Crippen LogP contribution is 2.35. The van der Waals surface area contributed by atoms with Crippen LogP contribution in [0.5, 0.6) is 11.5 Å². The first-order chi connectivity index (χ1) is 14.5. The van der Waals surface area contributed by atoms with E-state index in [1.165, 1.54) is 0 Å². The van der Waals surface area contributed by atoms with Crippen LogP contribution in [0.25, 0.3) is 22.6 Å². The Labute approximate surface area is 187 Å². The third-order valence-electron chi connectivity index (χ3n) is 4.67. The Kier molecular flexibility index (Phi) is 6.92. The predicted molar refractivity (Wildman–Crippen MR) is 124 cm³/mol. The molecule has 0 aliphatic heterocycles. The minimum atomic E-state index is 0. The zero-order valence-electron chi connectivity index (χ0n) is 16.9. The highest BCUT2D eigenvalue weighted by molar-refractivity contribution is 6.29. The number of aromatic amines is 1. The summed E-state index contributed by atoms with van der Waals surface area (Å²) in [6, 6.07) is 13.3. The molecule has 0 radical (unpaired) electrons. The summed E-state index contributed by atoms with van der Waals surface area (Å²) in [4.78, 5) is 16.5. The van der Waals surface area contributed by atoms with Gasteiger partial charge in [0.2, 0.25) is 0 Å². The SMILES string of the molecule is C.COc1cc(OCc2ccc(C)cn2)ccc1-c1nc(-c2ccc(Cl)nc2)[nH]c1C. The zero-order chi connectivity index (χ0) is 21.1. The van der Waals surface area contributed by atoms with Crippen molar-refractivity contribution in [2.24, 2.45) is 0 Å². The molecule has 31 heavy (non-hydrogen) atoms. The molecule has 160 valence electrons. The number of benzene rings is 1. The summed E-state index contributed by atoms with van der Waals surface area (Å²) < 4.78 is 11.5. The molecule has 0 saturated heterocycles. The standard InChI is InChI=1S/C23H21ClN4O2.CH4/c1-14-4-6-17(25-11-14)13-30-18-7-8-19(20(10-18)29-3)22-15(2)27-23(28-22)16-5-9-21(24)26-12-16;/h4-12H,13H2,1-3H3,(H,27,28);1H4. The molecular formula is C24H25ClN4O2. The highest BCUT2D eigenvalue weighted by Gasteiger charge is 2.16. The minimum absolute atomic E-state index is 0. The van der Waals surface area contributed by atoms with E-state index in [1.54, 1.807) is 19.4 Å². The average molecular weight is 437 g/mol. The number of methoxy groups -OCH3 is 1. The van der Waals surface area contributed by atoms with Gasteiger partial charge in [-0.2, -0.15) is 0 Å². The van der Waals surface area contributed by atoms with E-state index in [2.05, 4.69) is 15.0 Å². The van der Waals surface area contributed by atoms with Crippen molar-refractivity contribution in [3.8, 4) is 34.1 Å². The monoisotopic (exact) mass is 436 g/mol. The number of pyridine rings is 2. The van der Waals surface area contributed by atoms with Gasteiger partial charge in [0.15, 0.2) is 0 Å².